The summed E-state index contributed by atoms with van der Waals surface area (Å²) >= 11 is 5.98. The van der Waals surface area contributed by atoms with Crippen LogP contribution in [0.1, 0.15) is 15.9 Å². The average Bonchev–Trinajstić information content (AvgIpc) is 2.78. The number of carbonyl (C=O) groups is 1. The molecule has 31 heavy (non-hydrogen) atoms. The Hall–Kier alpha value is -2.77. The molecule has 0 spiro atoms. The first-order chi connectivity index (χ1) is 14.9. The Kier molecular flexibility index (Phi) is 8.14. The number of hydrogen-bond donors (Lipinski definition) is 2. The molecule has 166 valence electrons. The number of carbonyl (C=O) groups excluding carboxylic acids is 1. The number of guanidine groups is 1. The van der Waals surface area contributed by atoms with Crippen molar-refractivity contribution in [1.29, 1.82) is 0 Å². The molecule has 0 bridgehead atoms. The Bertz CT molecular complexity index is 891. The first-order valence-corrected chi connectivity index (χ1v) is 10.9. The summed E-state index contributed by atoms with van der Waals surface area (Å²) < 4.78 is 0. The van der Waals surface area contributed by atoms with Crippen molar-refractivity contribution in [3.8, 4) is 0 Å². The van der Waals surface area contributed by atoms with Crippen molar-refractivity contribution < 1.29 is 4.79 Å². The number of likely N-dealkylation sites (N-methyl/N-ethyl adjacent to an activating group) is 1. The predicted octanol–water partition coefficient (Wildman–Crippen LogP) is 2.27. The molecule has 1 amide bonds. The summed E-state index contributed by atoms with van der Waals surface area (Å²) in [5.41, 5.74) is 9.02. The van der Waals surface area contributed by atoms with Crippen molar-refractivity contribution >= 4 is 29.2 Å². The van der Waals surface area contributed by atoms with Crippen LogP contribution in [0.15, 0.2) is 53.5 Å². The number of nitrogens with one attached hydrogen (secondary N) is 1. The monoisotopic (exact) mass is 442 g/mol. The average molecular weight is 443 g/mol. The number of piperazine rings is 1. The fourth-order valence-corrected chi connectivity index (χ4v) is 3.55. The van der Waals surface area contributed by atoms with E-state index in [2.05, 4.69) is 20.1 Å². The van der Waals surface area contributed by atoms with Gasteiger partial charge in [-0.3, -0.25) is 4.79 Å². The van der Waals surface area contributed by atoms with E-state index in [9.17, 15) is 4.79 Å². The van der Waals surface area contributed by atoms with Crippen LogP contribution in [-0.2, 0) is 6.54 Å². The molecule has 1 saturated heterocycles. The highest BCUT2D eigenvalue weighted by molar-refractivity contribution is 6.30. The Morgan fingerprint density at radius 3 is 2.52 bits per heavy atom. The van der Waals surface area contributed by atoms with Gasteiger partial charge in [-0.05, 0) is 56.1 Å². The van der Waals surface area contributed by atoms with Crippen molar-refractivity contribution in [2.24, 2.45) is 10.7 Å². The van der Waals surface area contributed by atoms with E-state index < -0.39 is 0 Å². The van der Waals surface area contributed by atoms with E-state index in [4.69, 9.17) is 17.3 Å². The molecule has 3 rings (SSSR count). The van der Waals surface area contributed by atoms with E-state index in [1.807, 2.05) is 67.5 Å². The van der Waals surface area contributed by atoms with E-state index in [0.717, 1.165) is 43.3 Å². The second-order valence-corrected chi connectivity index (χ2v) is 8.32. The van der Waals surface area contributed by atoms with Crippen molar-refractivity contribution in [1.82, 2.24) is 15.1 Å². The standard InChI is InChI=1S/C23H31ClN6O/c1-28(2)11-10-26-22(31)19-5-3-4-18(16-19)17-27-23(25)30-14-12-29(13-15-30)21-8-6-20(24)7-9-21/h3-9,16H,10-15,17H2,1-2H3,(H2,25,27)(H,26,31). The fraction of sp³-hybridized carbons (Fsp3) is 0.391. The van der Waals surface area contributed by atoms with Gasteiger partial charge in [0, 0.05) is 55.5 Å². The Morgan fingerprint density at radius 2 is 1.84 bits per heavy atom. The fourth-order valence-electron chi connectivity index (χ4n) is 3.42. The molecule has 0 aromatic heterocycles. The van der Waals surface area contributed by atoms with Gasteiger partial charge in [0.15, 0.2) is 5.96 Å². The van der Waals surface area contributed by atoms with Crippen LogP contribution in [0.25, 0.3) is 0 Å². The lowest BCUT2D eigenvalue weighted by atomic mass is 10.1. The van der Waals surface area contributed by atoms with Gasteiger partial charge in [0.05, 0.1) is 6.54 Å². The third-order valence-corrected chi connectivity index (χ3v) is 5.50. The molecule has 0 atom stereocenters. The Morgan fingerprint density at radius 1 is 1.13 bits per heavy atom. The highest BCUT2D eigenvalue weighted by atomic mass is 35.5. The SMILES string of the molecule is CN(C)CCNC(=O)c1cccc(CN=C(N)N2CCN(c3ccc(Cl)cc3)CC2)c1. The molecule has 7 nitrogen and oxygen atoms in total. The summed E-state index contributed by atoms with van der Waals surface area (Å²) in [5, 5.41) is 3.68. The van der Waals surface area contributed by atoms with Crippen LogP contribution in [0.5, 0.6) is 0 Å². The van der Waals surface area contributed by atoms with Gasteiger partial charge in [-0.15, -0.1) is 0 Å². The number of amides is 1. The topological polar surface area (TPSA) is 77.2 Å². The number of aliphatic imine (C=N–C) groups is 1. The summed E-state index contributed by atoms with van der Waals surface area (Å²) in [6.45, 7) is 5.24. The van der Waals surface area contributed by atoms with E-state index >= 15 is 0 Å². The summed E-state index contributed by atoms with van der Waals surface area (Å²) in [6, 6.07) is 15.4. The molecule has 2 aromatic rings. The largest absolute Gasteiger partial charge is 0.370 e. The van der Waals surface area contributed by atoms with Gasteiger partial charge in [0.1, 0.15) is 0 Å². The maximum absolute atomic E-state index is 12.3. The van der Waals surface area contributed by atoms with Gasteiger partial charge in [-0.25, -0.2) is 4.99 Å². The van der Waals surface area contributed by atoms with Crippen molar-refractivity contribution in [3.05, 3.63) is 64.7 Å². The minimum absolute atomic E-state index is 0.0704. The van der Waals surface area contributed by atoms with E-state index in [1.165, 1.54) is 5.69 Å². The second kappa shape index (κ2) is 11.0. The highest BCUT2D eigenvalue weighted by Crippen LogP contribution is 2.19. The second-order valence-electron chi connectivity index (χ2n) is 7.88. The zero-order chi connectivity index (χ0) is 22.2. The molecule has 0 radical (unpaired) electrons. The summed E-state index contributed by atoms with van der Waals surface area (Å²) in [6.07, 6.45) is 0. The third-order valence-electron chi connectivity index (χ3n) is 5.25. The number of nitrogens with zero attached hydrogens (tertiary/aromatic N) is 4. The molecular weight excluding hydrogens is 412 g/mol. The van der Waals surface area contributed by atoms with E-state index in [0.29, 0.717) is 24.6 Å². The lowest BCUT2D eigenvalue weighted by Crippen LogP contribution is -2.51. The summed E-state index contributed by atoms with van der Waals surface area (Å²) in [4.78, 5) is 23.3. The molecule has 1 fully saturated rings. The Balaban J connectivity index is 1.51. The lowest BCUT2D eigenvalue weighted by Gasteiger charge is -2.36. The zero-order valence-corrected chi connectivity index (χ0v) is 19.0. The van der Waals surface area contributed by atoms with Crippen LogP contribution in [0.4, 0.5) is 5.69 Å². The van der Waals surface area contributed by atoms with Crippen molar-refractivity contribution in [2.45, 2.75) is 6.54 Å². The first-order valence-electron chi connectivity index (χ1n) is 10.5. The number of rotatable bonds is 7. The lowest BCUT2D eigenvalue weighted by molar-refractivity contribution is 0.0951. The molecule has 3 N–H and O–H groups in total. The van der Waals surface area contributed by atoms with Crippen LogP contribution < -0.4 is 16.0 Å². The van der Waals surface area contributed by atoms with Gasteiger partial charge >= 0.3 is 0 Å². The van der Waals surface area contributed by atoms with E-state index in [1.54, 1.807) is 0 Å². The van der Waals surface area contributed by atoms with Crippen LogP contribution >= 0.6 is 11.6 Å². The maximum Gasteiger partial charge on any atom is 0.251 e. The van der Waals surface area contributed by atoms with Gasteiger partial charge in [-0.2, -0.15) is 0 Å². The van der Waals surface area contributed by atoms with Gasteiger partial charge < -0.3 is 25.8 Å². The van der Waals surface area contributed by atoms with Gasteiger partial charge in [-0.1, -0.05) is 23.7 Å². The normalized spacial score (nSPS) is 14.8. The molecule has 0 unspecified atom stereocenters. The third kappa shape index (κ3) is 6.87. The molecule has 0 aliphatic carbocycles. The molecule has 1 aliphatic rings. The number of anilines is 1. The van der Waals surface area contributed by atoms with Crippen LogP contribution in [0, 0.1) is 0 Å². The van der Waals surface area contributed by atoms with Crippen molar-refractivity contribution in [3.63, 3.8) is 0 Å². The predicted molar refractivity (Wildman–Crippen MR) is 128 cm³/mol. The molecule has 2 aromatic carbocycles. The number of benzene rings is 2. The van der Waals surface area contributed by atoms with Gasteiger partial charge in [0.25, 0.3) is 5.91 Å². The minimum atomic E-state index is -0.0704. The summed E-state index contributed by atoms with van der Waals surface area (Å²) in [7, 11) is 3.96. The smallest absolute Gasteiger partial charge is 0.251 e. The number of halogens is 1. The number of hydrogen-bond acceptors (Lipinski definition) is 4. The highest BCUT2D eigenvalue weighted by Gasteiger charge is 2.18. The van der Waals surface area contributed by atoms with Gasteiger partial charge in [0.2, 0.25) is 0 Å². The molecular formula is C23H31ClN6O. The first kappa shape index (κ1) is 22.9. The van der Waals surface area contributed by atoms with Crippen LogP contribution in [0.2, 0.25) is 5.02 Å². The summed E-state index contributed by atoms with van der Waals surface area (Å²) in [5.74, 6) is 0.468. The molecule has 1 aliphatic heterocycles. The quantitative estimate of drug-likeness (QED) is 0.508. The molecule has 1 heterocycles. The van der Waals surface area contributed by atoms with Crippen LogP contribution in [0.3, 0.4) is 0 Å². The van der Waals surface area contributed by atoms with Crippen LogP contribution in [-0.4, -0.2) is 75.0 Å². The van der Waals surface area contributed by atoms with E-state index in [-0.39, 0.29) is 5.91 Å². The molecule has 8 heteroatoms. The van der Waals surface area contributed by atoms with Crippen molar-refractivity contribution in [2.75, 3.05) is 58.3 Å². The Labute approximate surface area is 189 Å². The minimum Gasteiger partial charge on any atom is -0.370 e. The number of nitrogens with two attached hydrogens (primary N) is 1. The maximum atomic E-state index is 12.3. The zero-order valence-electron chi connectivity index (χ0n) is 18.2. The molecule has 0 saturated carbocycles.